The molecular formula is C21H29N3OS. The molecule has 1 fully saturated rings. The van der Waals surface area contributed by atoms with Crippen LogP contribution in [-0.4, -0.2) is 42.2 Å². The van der Waals surface area contributed by atoms with Gasteiger partial charge in [0.25, 0.3) is 5.91 Å². The van der Waals surface area contributed by atoms with Crippen molar-refractivity contribution in [3.63, 3.8) is 0 Å². The van der Waals surface area contributed by atoms with Crippen molar-refractivity contribution in [1.29, 1.82) is 0 Å². The van der Waals surface area contributed by atoms with Crippen LogP contribution in [0.15, 0.2) is 22.0 Å². The SMILES string of the molecule is CCN1c2cc(C)c(/C=C3\SC(=NC)N(C)C3=O)cc2C(C)CC1(C)C. The van der Waals surface area contributed by atoms with E-state index in [-0.39, 0.29) is 11.4 Å². The minimum atomic E-state index is 0.0251. The van der Waals surface area contributed by atoms with Gasteiger partial charge >= 0.3 is 0 Å². The third-order valence-corrected chi connectivity index (χ3v) is 6.72. The van der Waals surface area contributed by atoms with Crippen molar-refractivity contribution >= 4 is 34.6 Å². The molecular weight excluding hydrogens is 342 g/mol. The normalized spacial score (nSPS) is 25.3. The van der Waals surface area contributed by atoms with Gasteiger partial charge in [0, 0.05) is 31.9 Å². The molecule has 0 radical (unpaired) electrons. The quantitative estimate of drug-likeness (QED) is 0.711. The number of amides is 1. The molecule has 1 amide bonds. The second kappa shape index (κ2) is 6.76. The molecule has 0 aliphatic carbocycles. The zero-order valence-corrected chi connectivity index (χ0v) is 17.7. The molecule has 0 aromatic heterocycles. The number of benzene rings is 1. The number of aliphatic imine (C=N–C) groups is 1. The van der Waals surface area contributed by atoms with E-state index in [2.05, 4.69) is 56.6 Å². The van der Waals surface area contributed by atoms with Crippen molar-refractivity contribution < 1.29 is 4.79 Å². The summed E-state index contributed by atoms with van der Waals surface area (Å²) in [5.74, 6) is 0.528. The van der Waals surface area contributed by atoms with Crippen LogP contribution in [0.4, 0.5) is 5.69 Å². The Bertz CT molecular complexity index is 810. The number of thioether (sulfide) groups is 1. The molecule has 0 N–H and O–H groups in total. The average molecular weight is 372 g/mol. The topological polar surface area (TPSA) is 35.9 Å². The number of nitrogens with zero attached hydrogens (tertiary/aromatic N) is 3. The third kappa shape index (κ3) is 3.07. The molecule has 1 aromatic rings. The van der Waals surface area contributed by atoms with Crippen LogP contribution >= 0.6 is 11.8 Å². The molecule has 5 heteroatoms. The summed E-state index contributed by atoms with van der Waals surface area (Å²) in [6, 6.07) is 4.58. The van der Waals surface area contributed by atoms with Gasteiger partial charge in [-0.25, -0.2) is 0 Å². The highest BCUT2D eigenvalue weighted by atomic mass is 32.2. The maximum Gasteiger partial charge on any atom is 0.266 e. The summed E-state index contributed by atoms with van der Waals surface area (Å²) >= 11 is 1.45. The maximum atomic E-state index is 12.5. The molecule has 2 heterocycles. The Morgan fingerprint density at radius 1 is 1.38 bits per heavy atom. The van der Waals surface area contributed by atoms with Gasteiger partial charge in [-0.15, -0.1) is 0 Å². The molecule has 1 atom stereocenters. The Hall–Kier alpha value is -1.75. The Morgan fingerprint density at radius 2 is 2.08 bits per heavy atom. The molecule has 0 spiro atoms. The molecule has 1 saturated heterocycles. The number of aryl methyl sites for hydroxylation is 1. The van der Waals surface area contributed by atoms with Crippen molar-refractivity contribution in [1.82, 2.24) is 4.90 Å². The van der Waals surface area contributed by atoms with Crippen LogP contribution in [0.25, 0.3) is 6.08 Å². The first-order chi connectivity index (χ1) is 12.2. The molecule has 0 saturated carbocycles. The maximum absolute atomic E-state index is 12.5. The fourth-order valence-electron chi connectivity index (χ4n) is 4.30. The summed E-state index contributed by atoms with van der Waals surface area (Å²) in [5.41, 5.74) is 5.23. The second-order valence-corrected chi connectivity index (χ2v) is 8.92. The van der Waals surface area contributed by atoms with Crippen molar-refractivity contribution in [2.24, 2.45) is 4.99 Å². The lowest BCUT2D eigenvalue weighted by molar-refractivity contribution is -0.121. The van der Waals surface area contributed by atoms with Crippen molar-refractivity contribution in [2.45, 2.75) is 52.5 Å². The van der Waals surface area contributed by atoms with Gasteiger partial charge in [-0.1, -0.05) is 6.92 Å². The van der Waals surface area contributed by atoms with E-state index in [4.69, 9.17) is 0 Å². The summed E-state index contributed by atoms with van der Waals surface area (Å²) in [6.45, 7) is 12.3. The number of fused-ring (bicyclic) bond motifs is 1. The van der Waals surface area contributed by atoms with E-state index in [1.165, 1.54) is 28.6 Å². The van der Waals surface area contributed by atoms with E-state index in [0.717, 1.165) is 28.6 Å². The Morgan fingerprint density at radius 3 is 2.65 bits per heavy atom. The van der Waals surface area contributed by atoms with E-state index in [0.29, 0.717) is 5.92 Å². The van der Waals surface area contributed by atoms with Crippen LogP contribution in [0.2, 0.25) is 0 Å². The Balaban J connectivity index is 2.06. The van der Waals surface area contributed by atoms with Gasteiger partial charge < -0.3 is 4.90 Å². The smallest absolute Gasteiger partial charge is 0.266 e. The fourth-order valence-corrected chi connectivity index (χ4v) is 5.21. The first kappa shape index (κ1) is 19.0. The standard InChI is InChI=1S/C21H29N3OS/c1-8-24-17-9-13(2)15(10-16(17)14(3)12-21(24,4)5)11-18-19(25)23(7)20(22-6)26-18/h9-11,14H,8,12H2,1-7H3/b18-11-,22-20?. The zero-order valence-electron chi connectivity index (χ0n) is 16.9. The first-order valence-corrected chi connectivity index (χ1v) is 10.1. The molecule has 2 aliphatic rings. The zero-order chi connectivity index (χ0) is 19.2. The van der Waals surface area contributed by atoms with Gasteiger partial charge in [0.1, 0.15) is 0 Å². The van der Waals surface area contributed by atoms with Gasteiger partial charge in [0.05, 0.1) is 4.91 Å². The van der Waals surface area contributed by atoms with Gasteiger partial charge in [-0.2, -0.15) is 0 Å². The summed E-state index contributed by atoms with van der Waals surface area (Å²) in [6.07, 6.45) is 3.16. The van der Waals surface area contributed by atoms with E-state index in [1.807, 2.05) is 6.08 Å². The lowest BCUT2D eigenvalue weighted by atomic mass is 9.79. The van der Waals surface area contributed by atoms with E-state index < -0.39 is 0 Å². The minimum absolute atomic E-state index is 0.0251. The molecule has 3 rings (SSSR count). The molecule has 140 valence electrons. The van der Waals surface area contributed by atoms with E-state index in [9.17, 15) is 4.79 Å². The predicted octanol–water partition coefficient (Wildman–Crippen LogP) is 4.64. The summed E-state index contributed by atoms with van der Waals surface area (Å²) < 4.78 is 0. The number of carbonyl (C=O) groups is 1. The van der Waals surface area contributed by atoms with Gasteiger partial charge in [0.2, 0.25) is 0 Å². The summed E-state index contributed by atoms with van der Waals surface area (Å²) in [7, 11) is 3.50. The number of hydrogen-bond acceptors (Lipinski definition) is 4. The summed E-state index contributed by atoms with van der Waals surface area (Å²) in [4.78, 5) is 21.5. The second-order valence-electron chi connectivity index (χ2n) is 7.91. The largest absolute Gasteiger partial charge is 0.366 e. The molecule has 1 aromatic carbocycles. The lowest BCUT2D eigenvalue weighted by Crippen LogP contribution is -2.48. The Kier molecular flexibility index (Phi) is 4.95. The fraction of sp³-hybridized carbons (Fsp3) is 0.524. The van der Waals surface area contributed by atoms with Crippen LogP contribution in [0.3, 0.4) is 0 Å². The van der Waals surface area contributed by atoms with Gasteiger partial charge in [0.15, 0.2) is 5.17 Å². The van der Waals surface area contributed by atoms with Crippen LogP contribution in [0.1, 0.15) is 56.7 Å². The number of amidine groups is 1. The van der Waals surface area contributed by atoms with Gasteiger partial charge in [-0.3, -0.25) is 14.7 Å². The van der Waals surface area contributed by atoms with Gasteiger partial charge in [-0.05, 0) is 86.7 Å². The monoisotopic (exact) mass is 371 g/mol. The number of likely N-dealkylation sites (N-methyl/N-ethyl adjacent to an activating group) is 1. The lowest BCUT2D eigenvalue weighted by Gasteiger charge is -2.47. The van der Waals surface area contributed by atoms with Crippen molar-refractivity contribution in [2.75, 3.05) is 25.5 Å². The van der Waals surface area contributed by atoms with Crippen LogP contribution < -0.4 is 4.90 Å². The highest BCUT2D eigenvalue weighted by molar-refractivity contribution is 8.18. The predicted molar refractivity (Wildman–Crippen MR) is 113 cm³/mol. The minimum Gasteiger partial charge on any atom is -0.366 e. The van der Waals surface area contributed by atoms with Crippen LogP contribution in [-0.2, 0) is 4.79 Å². The highest BCUT2D eigenvalue weighted by Crippen LogP contribution is 2.44. The van der Waals surface area contributed by atoms with Crippen molar-refractivity contribution in [3.05, 3.63) is 33.7 Å². The molecule has 0 bridgehead atoms. The molecule has 2 aliphatic heterocycles. The molecule has 1 unspecified atom stereocenters. The average Bonchev–Trinajstić information content (AvgIpc) is 2.83. The number of rotatable bonds is 2. The Labute approximate surface area is 161 Å². The highest BCUT2D eigenvalue weighted by Gasteiger charge is 2.36. The van der Waals surface area contributed by atoms with E-state index in [1.54, 1.807) is 19.0 Å². The first-order valence-electron chi connectivity index (χ1n) is 9.26. The van der Waals surface area contributed by atoms with E-state index >= 15 is 0 Å². The van der Waals surface area contributed by atoms with Crippen LogP contribution in [0, 0.1) is 6.92 Å². The molecule has 26 heavy (non-hydrogen) atoms. The molecule has 4 nitrogen and oxygen atoms in total. The summed E-state index contributed by atoms with van der Waals surface area (Å²) in [5, 5.41) is 0.754. The van der Waals surface area contributed by atoms with Crippen LogP contribution in [0.5, 0.6) is 0 Å². The van der Waals surface area contributed by atoms with Crippen molar-refractivity contribution in [3.8, 4) is 0 Å². The third-order valence-electron chi connectivity index (χ3n) is 5.57. The number of carbonyl (C=O) groups excluding carboxylic acids is 1. The number of anilines is 1. The number of hydrogen-bond donors (Lipinski definition) is 0.